The molecule has 0 radical (unpaired) electrons. The molecule has 3 nitrogen and oxygen atoms in total. The van der Waals surface area contributed by atoms with Crippen molar-refractivity contribution < 1.29 is 0 Å². The lowest BCUT2D eigenvalue weighted by molar-refractivity contribution is 0.768. The highest BCUT2D eigenvalue weighted by Crippen LogP contribution is 2.25. The minimum atomic E-state index is 0.962. The third kappa shape index (κ3) is 1.99. The molecule has 0 fully saturated rings. The molecule has 3 aromatic heterocycles. The van der Waals surface area contributed by atoms with Gasteiger partial charge in [-0.1, -0.05) is 12.1 Å². The van der Waals surface area contributed by atoms with Crippen molar-refractivity contribution in [2.45, 2.75) is 0 Å². The van der Waals surface area contributed by atoms with Gasteiger partial charge in [0.15, 0.2) is 0 Å². The number of hydrogen-bond donors (Lipinski definition) is 0. The fraction of sp³-hybridized carbons (Fsp3) is 0.0769. The van der Waals surface area contributed by atoms with E-state index in [2.05, 4.69) is 21.5 Å². The number of aromatic nitrogens is 3. The summed E-state index contributed by atoms with van der Waals surface area (Å²) >= 11 is 1.70. The van der Waals surface area contributed by atoms with E-state index in [0.29, 0.717) is 0 Å². The van der Waals surface area contributed by atoms with Crippen molar-refractivity contribution in [2.75, 3.05) is 0 Å². The first-order valence-corrected chi connectivity index (χ1v) is 6.21. The number of aryl methyl sites for hydroxylation is 1. The number of thiophene rings is 1. The minimum Gasteiger partial charge on any atom is -0.275 e. The maximum Gasteiger partial charge on any atom is 0.0809 e. The maximum atomic E-state index is 4.66. The lowest BCUT2D eigenvalue weighted by Crippen LogP contribution is -1.86. The van der Waals surface area contributed by atoms with Crippen LogP contribution in [0.5, 0.6) is 0 Å². The normalized spacial score (nSPS) is 10.6. The van der Waals surface area contributed by atoms with Gasteiger partial charge in [-0.25, -0.2) is 4.98 Å². The van der Waals surface area contributed by atoms with Gasteiger partial charge in [0, 0.05) is 18.8 Å². The standard InChI is InChI=1S/C13H11N3S/c1-16-9-10(8-14-16)11-4-2-5-12(15-11)13-6-3-7-17-13/h2-9H,1H3. The molecule has 0 aromatic carbocycles. The Labute approximate surface area is 103 Å². The van der Waals surface area contributed by atoms with Gasteiger partial charge in [-0.05, 0) is 23.6 Å². The molecular weight excluding hydrogens is 230 g/mol. The molecule has 0 saturated heterocycles. The Balaban J connectivity index is 2.05. The molecule has 0 saturated carbocycles. The zero-order valence-corrected chi connectivity index (χ0v) is 10.2. The van der Waals surface area contributed by atoms with Gasteiger partial charge in [-0.3, -0.25) is 4.68 Å². The molecule has 4 heteroatoms. The number of rotatable bonds is 2. The first-order valence-electron chi connectivity index (χ1n) is 5.33. The highest BCUT2D eigenvalue weighted by molar-refractivity contribution is 7.13. The topological polar surface area (TPSA) is 30.7 Å². The van der Waals surface area contributed by atoms with E-state index in [1.54, 1.807) is 16.0 Å². The lowest BCUT2D eigenvalue weighted by Gasteiger charge is -2.00. The van der Waals surface area contributed by atoms with Crippen LogP contribution >= 0.6 is 11.3 Å². The SMILES string of the molecule is Cn1cc(-c2cccc(-c3cccs3)n2)cn1. The van der Waals surface area contributed by atoms with Gasteiger partial charge in [0.1, 0.15) is 0 Å². The Kier molecular flexibility index (Phi) is 2.49. The highest BCUT2D eigenvalue weighted by Gasteiger charge is 2.05. The molecule has 0 unspecified atom stereocenters. The van der Waals surface area contributed by atoms with Gasteiger partial charge >= 0.3 is 0 Å². The van der Waals surface area contributed by atoms with Crippen molar-refractivity contribution in [3.05, 3.63) is 48.1 Å². The molecule has 0 spiro atoms. The molecule has 0 bridgehead atoms. The first-order chi connectivity index (χ1) is 8.33. The summed E-state index contributed by atoms with van der Waals surface area (Å²) in [5, 5.41) is 6.23. The minimum absolute atomic E-state index is 0.962. The van der Waals surface area contributed by atoms with E-state index in [4.69, 9.17) is 0 Å². The molecule has 17 heavy (non-hydrogen) atoms. The monoisotopic (exact) mass is 241 g/mol. The van der Waals surface area contributed by atoms with Gasteiger partial charge < -0.3 is 0 Å². The molecule has 0 aliphatic rings. The average Bonchev–Trinajstić information content (AvgIpc) is 3.00. The molecule has 0 aliphatic heterocycles. The summed E-state index contributed by atoms with van der Waals surface area (Å²) in [5.41, 5.74) is 3.02. The summed E-state index contributed by atoms with van der Waals surface area (Å²) in [6, 6.07) is 10.2. The lowest BCUT2D eigenvalue weighted by atomic mass is 10.2. The second kappa shape index (κ2) is 4.14. The van der Waals surface area contributed by atoms with Crippen LogP contribution in [0.3, 0.4) is 0 Å². The summed E-state index contributed by atoms with van der Waals surface area (Å²) in [6.07, 6.45) is 3.81. The van der Waals surface area contributed by atoms with Gasteiger partial charge in [-0.2, -0.15) is 5.10 Å². The van der Waals surface area contributed by atoms with Crippen LogP contribution in [-0.2, 0) is 7.05 Å². The van der Waals surface area contributed by atoms with E-state index in [1.165, 1.54) is 4.88 Å². The third-order valence-electron chi connectivity index (χ3n) is 2.52. The van der Waals surface area contributed by atoms with Crippen molar-refractivity contribution in [2.24, 2.45) is 7.05 Å². The Hall–Kier alpha value is -1.94. The van der Waals surface area contributed by atoms with Crippen molar-refractivity contribution >= 4 is 11.3 Å². The van der Waals surface area contributed by atoms with Crippen LogP contribution in [0.4, 0.5) is 0 Å². The predicted octanol–water partition coefficient (Wildman–Crippen LogP) is 3.21. The van der Waals surface area contributed by atoms with Gasteiger partial charge in [-0.15, -0.1) is 11.3 Å². The number of hydrogen-bond acceptors (Lipinski definition) is 3. The zero-order valence-electron chi connectivity index (χ0n) is 9.37. The highest BCUT2D eigenvalue weighted by atomic mass is 32.1. The van der Waals surface area contributed by atoms with Crippen LogP contribution in [0.2, 0.25) is 0 Å². The predicted molar refractivity (Wildman–Crippen MR) is 69.8 cm³/mol. The van der Waals surface area contributed by atoms with Crippen molar-refractivity contribution in [1.82, 2.24) is 14.8 Å². The molecule has 3 rings (SSSR count). The molecule has 3 aromatic rings. The van der Waals surface area contributed by atoms with Crippen LogP contribution in [0.1, 0.15) is 0 Å². The van der Waals surface area contributed by atoms with Crippen LogP contribution in [0, 0.1) is 0 Å². The van der Waals surface area contributed by atoms with Crippen LogP contribution in [-0.4, -0.2) is 14.8 Å². The Morgan fingerprint density at radius 3 is 2.71 bits per heavy atom. The van der Waals surface area contributed by atoms with Crippen LogP contribution in [0.15, 0.2) is 48.1 Å². The Morgan fingerprint density at radius 2 is 2.00 bits per heavy atom. The Morgan fingerprint density at radius 1 is 1.12 bits per heavy atom. The summed E-state index contributed by atoms with van der Waals surface area (Å²) in [5.74, 6) is 0. The molecule has 0 amide bonds. The molecule has 3 heterocycles. The maximum absolute atomic E-state index is 4.66. The largest absolute Gasteiger partial charge is 0.275 e. The van der Waals surface area contributed by atoms with E-state index in [9.17, 15) is 0 Å². The zero-order chi connectivity index (χ0) is 11.7. The Bertz CT molecular complexity index is 626. The van der Waals surface area contributed by atoms with Gasteiger partial charge in [0.05, 0.1) is 22.5 Å². The molecule has 0 aliphatic carbocycles. The fourth-order valence-electron chi connectivity index (χ4n) is 1.71. The first kappa shape index (κ1) is 10.2. The fourth-order valence-corrected chi connectivity index (χ4v) is 2.41. The molecule has 0 atom stereocenters. The average molecular weight is 241 g/mol. The quantitative estimate of drug-likeness (QED) is 0.689. The summed E-state index contributed by atoms with van der Waals surface area (Å²) in [6.45, 7) is 0. The number of pyridine rings is 1. The molecule has 0 N–H and O–H groups in total. The van der Waals surface area contributed by atoms with E-state index >= 15 is 0 Å². The molecule has 84 valence electrons. The van der Waals surface area contributed by atoms with Crippen molar-refractivity contribution in [3.8, 4) is 21.8 Å². The summed E-state index contributed by atoms with van der Waals surface area (Å²) in [7, 11) is 1.91. The van der Waals surface area contributed by atoms with E-state index < -0.39 is 0 Å². The molecular formula is C13H11N3S. The van der Waals surface area contributed by atoms with E-state index in [0.717, 1.165) is 17.0 Å². The summed E-state index contributed by atoms with van der Waals surface area (Å²) < 4.78 is 1.79. The summed E-state index contributed by atoms with van der Waals surface area (Å²) in [4.78, 5) is 5.85. The van der Waals surface area contributed by atoms with E-state index in [-0.39, 0.29) is 0 Å². The van der Waals surface area contributed by atoms with E-state index in [1.807, 2.05) is 43.7 Å². The second-order valence-corrected chi connectivity index (χ2v) is 4.74. The second-order valence-electron chi connectivity index (χ2n) is 3.79. The van der Waals surface area contributed by atoms with Crippen molar-refractivity contribution in [1.29, 1.82) is 0 Å². The van der Waals surface area contributed by atoms with Gasteiger partial charge in [0.25, 0.3) is 0 Å². The van der Waals surface area contributed by atoms with Crippen LogP contribution < -0.4 is 0 Å². The number of nitrogens with zero attached hydrogens (tertiary/aromatic N) is 3. The van der Waals surface area contributed by atoms with Crippen LogP contribution in [0.25, 0.3) is 21.8 Å². The third-order valence-corrected chi connectivity index (χ3v) is 3.42. The smallest absolute Gasteiger partial charge is 0.0809 e. The van der Waals surface area contributed by atoms with Gasteiger partial charge in [0.2, 0.25) is 0 Å². The van der Waals surface area contributed by atoms with Crippen molar-refractivity contribution in [3.63, 3.8) is 0 Å².